The first kappa shape index (κ1) is 21.1. The van der Waals surface area contributed by atoms with Crippen LogP contribution in [0, 0.1) is 12.7 Å². The molecule has 0 radical (unpaired) electrons. The third-order valence-electron chi connectivity index (χ3n) is 5.00. The smallest absolute Gasteiger partial charge is 0.265 e. The molecule has 1 N–H and O–H groups in total. The van der Waals surface area contributed by atoms with E-state index in [2.05, 4.69) is 10.3 Å². The van der Waals surface area contributed by atoms with Gasteiger partial charge in [-0.15, -0.1) is 0 Å². The number of ether oxygens (including phenoxy) is 2. The molecular weight excluding hydrogens is 417 g/mol. The maximum Gasteiger partial charge on any atom is 0.265 e. The van der Waals surface area contributed by atoms with Gasteiger partial charge in [-0.05, 0) is 36.8 Å². The van der Waals surface area contributed by atoms with Crippen molar-refractivity contribution in [1.29, 1.82) is 0 Å². The minimum absolute atomic E-state index is 0.0608. The van der Waals surface area contributed by atoms with Gasteiger partial charge in [0, 0.05) is 6.07 Å². The summed E-state index contributed by atoms with van der Waals surface area (Å²) in [6.45, 7) is 1.75. The Bertz CT molecular complexity index is 1360. The average Bonchev–Trinajstić information content (AvgIpc) is 3.13. The van der Waals surface area contributed by atoms with Crippen LogP contribution < -0.4 is 20.3 Å². The van der Waals surface area contributed by atoms with Crippen molar-refractivity contribution in [2.75, 3.05) is 19.5 Å². The number of amides is 1. The highest BCUT2D eigenvalue weighted by Crippen LogP contribution is 2.30. The van der Waals surface area contributed by atoms with E-state index in [-0.39, 0.29) is 34.8 Å². The van der Waals surface area contributed by atoms with Crippen LogP contribution in [0.25, 0.3) is 11.1 Å². The summed E-state index contributed by atoms with van der Waals surface area (Å²) in [5.74, 6) is 0.288. The van der Waals surface area contributed by atoms with Crippen LogP contribution in [0.4, 0.5) is 10.1 Å². The molecule has 32 heavy (non-hydrogen) atoms. The molecule has 0 unspecified atom stereocenters. The number of fused-ring (bicyclic) bond motifs is 1. The van der Waals surface area contributed by atoms with E-state index in [4.69, 9.17) is 13.9 Å². The number of anilines is 1. The molecule has 0 fully saturated rings. The van der Waals surface area contributed by atoms with Crippen LogP contribution in [-0.2, 0) is 6.54 Å². The van der Waals surface area contributed by atoms with Gasteiger partial charge in [0.25, 0.3) is 11.5 Å². The van der Waals surface area contributed by atoms with E-state index in [1.165, 1.54) is 37.2 Å². The van der Waals surface area contributed by atoms with Crippen LogP contribution in [0.1, 0.15) is 21.7 Å². The van der Waals surface area contributed by atoms with E-state index < -0.39 is 11.5 Å². The Morgan fingerprint density at radius 3 is 2.59 bits per heavy atom. The van der Waals surface area contributed by atoms with Crippen LogP contribution in [0.5, 0.6) is 11.5 Å². The topological polar surface area (TPSA) is 95.6 Å². The third-order valence-corrected chi connectivity index (χ3v) is 5.00. The number of carbonyl (C=O) groups excluding carboxylic acids is 1. The third kappa shape index (κ3) is 3.92. The highest BCUT2D eigenvalue weighted by Gasteiger charge is 2.24. The summed E-state index contributed by atoms with van der Waals surface area (Å²) in [6.07, 6.45) is 1.34. The molecule has 164 valence electrons. The molecule has 0 spiro atoms. The number of methoxy groups -OCH3 is 2. The van der Waals surface area contributed by atoms with Crippen LogP contribution in [0.2, 0.25) is 0 Å². The molecule has 0 aliphatic rings. The number of nitrogens with zero attached hydrogens (tertiary/aromatic N) is 2. The Kier molecular flexibility index (Phi) is 5.63. The van der Waals surface area contributed by atoms with Crippen molar-refractivity contribution in [3.63, 3.8) is 0 Å². The number of aryl methyl sites for hydroxylation is 1. The van der Waals surface area contributed by atoms with Gasteiger partial charge in [-0.3, -0.25) is 14.2 Å². The molecule has 8 nitrogen and oxygen atoms in total. The van der Waals surface area contributed by atoms with E-state index in [9.17, 15) is 14.0 Å². The second kappa shape index (κ2) is 8.54. The Morgan fingerprint density at radius 1 is 1.16 bits per heavy atom. The standard InChI is InChI=1S/C23H20FN3O5/c1-13-19(21(28)26-17-10-16(30-2)8-9-18(17)31-3)20-22(32-13)25-12-27(23(20)29)11-14-4-6-15(24)7-5-14/h4-10,12H,11H2,1-3H3,(H,26,28). The summed E-state index contributed by atoms with van der Waals surface area (Å²) in [5.41, 5.74) is 0.781. The molecular formula is C23H20FN3O5. The van der Waals surface area contributed by atoms with Gasteiger partial charge in [0.1, 0.15) is 34.8 Å². The Balaban J connectivity index is 1.74. The van der Waals surface area contributed by atoms with Crippen molar-refractivity contribution in [3.8, 4) is 11.5 Å². The van der Waals surface area contributed by atoms with Gasteiger partial charge in [-0.1, -0.05) is 12.1 Å². The van der Waals surface area contributed by atoms with Crippen molar-refractivity contribution in [1.82, 2.24) is 9.55 Å². The Labute approximate surface area is 182 Å². The van der Waals surface area contributed by atoms with Crippen molar-refractivity contribution in [2.24, 2.45) is 0 Å². The number of furan rings is 1. The number of benzene rings is 2. The number of hydrogen-bond acceptors (Lipinski definition) is 6. The maximum atomic E-state index is 13.2. The van der Waals surface area contributed by atoms with Gasteiger partial charge in [0.2, 0.25) is 5.71 Å². The lowest BCUT2D eigenvalue weighted by atomic mass is 10.1. The van der Waals surface area contributed by atoms with Crippen LogP contribution >= 0.6 is 0 Å². The number of nitrogens with one attached hydrogen (secondary N) is 1. The van der Waals surface area contributed by atoms with Gasteiger partial charge in [-0.25, -0.2) is 9.37 Å². The molecule has 4 rings (SSSR count). The second-order valence-corrected chi connectivity index (χ2v) is 7.04. The van der Waals surface area contributed by atoms with Gasteiger partial charge in [-0.2, -0.15) is 0 Å². The SMILES string of the molecule is COc1ccc(OC)c(NC(=O)c2c(C)oc3ncn(Cc4ccc(F)cc4)c(=O)c23)c1. The molecule has 9 heteroatoms. The van der Waals surface area contributed by atoms with E-state index in [0.29, 0.717) is 22.7 Å². The lowest BCUT2D eigenvalue weighted by molar-refractivity contribution is 0.102. The van der Waals surface area contributed by atoms with Crippen molar-refractivity contribution in [3.05, 3.63) is 81.9 Å². The van der Waals surface area contributed by atoms with E-state index in [0.717, 1.165) is 0 Å². The average molecular weight is 437 g/mol. The first-order valence-corrected chi connectivity index (χ1v) is 9.67. The number of halogens is 1. The Morgan fingerprint density at radius 2 is 1.91 bits per heavy atom. The zero-order chi connectivity index (χ0) is 22.8. The normalized spacial score (nSPS) is 10.9. The zero-order valence-electron chi connectivity index (χ0n) is 17.6. The summed E-state index contributed by atoms with van der Waals surface area (Å²) in [6, 6.07) is 10.8. The fourth-order valence-electron chi connectivity index (χ4n) is 3.41. The fraction of sp³-hybridized carbons (Fsp3) is 0.174. The van der Waals surface area contributed by atoms with E-state index in [1.54, 1.807) is 37.3 Å². The first-order chi connectivity index (χ1) is 15.4. The van der Waals surface area contributed by atoms with Crippen molar-refractivity contribution >= 4 is 22.7 Å². The number of carbonyl (C=O) groups is 1. The Hall–Kier alpha value is -4.14. The minimum Gasteiger partial charge on any atom is -0.497 e. The van der Waals surface area contributed by atoms with Gasteiger partial charge < -0.3 is 19.2 Å². The molecule has 2 heterocycles. The number of aromatic nitrogens is 2. The number of rotatable bonds is 6. The summed E-state index contributed by atoms with van der Waals surface area (Å²) in [5, 5.41) is 2.81. The van der Waals surface area contributed by atoms with Crippen LogP contribution in [0.15, 0.2) is 58.0 Å². The second-order valence-electron chi connectivity index (χ2n) is 7.04. The molecule has 4 aromatic rings. The van der Waals surface area contributed by atoms with Gasteiger partial charge >= 0.3 is 0 Å². The van der Waals surface area contributed by atoms with Crippen molar-refractivity contribution < 1.29 is 23.1 Å². The molecule has 2 aromatic carbocycles. The summed E-state index contributed by atoms with van der Waals surface area (Å²) in [4.78, 5) is 30.5. The van der Waals surface area contributed by atoms with E-state index >= 15 is 0 Å². The van der Waals surface area contributed by atoms with Crippen LogP contribution in [-0.4, -0.2) is 29.7 Å². The zero-order valence-corrected chi connectivity index (χ0v) is 17.6. The quantitative estimate of drug-likeness (QED) is 0.494. The van der Waals surface area contributed by atoms with Gasteiger partial charge in [0.15, 0.2) is 0 Å². The number of hydrogen-bond donors (Lipinski definition) is 1. The molecule has 0 atom stereocenters. The van der Waals surface area contributed by atoms with E-state index in [1.807, 2.05) is 0 Å². The molecule has 0 aliphatic heterocycles. The first-order valence-electron chi connectivity index (χ1n) is 9.67. The predicted molar refractivity (Wildman–Crippen MR) is 116 cm³/mol. The van der Waals surface area contributed by atoms with Crippen LogP contribution in [0.3, 0.4) is 0 Å². The molecule has 1 amide bonds. The highest BCUT2D eigenvalue weighted by molar-refractivity contribution is 6.13. The monoisotopic (exact) mass is 437 g/mol. The predicted octanol–water partition coefficient (Wildman–Crippen LogP) is 3.75. The minimum atomic E-state index is -0.550. The lowest BCUT2D eigenvalue weighted by Crippen LogP contribution is -2.23. The fourth-order valence-corrected chi connectivity index (χ4v) is 3.41. The summed E-state index contributed by atoms with van der Waals surface area (Å²) < 4.78 is 30.6. The largest absolute Gasteiger partial charge is 0.497 e. The highest BCUT2D eigenvalue weighted by atomic mass is 19.1. The maximum absolute atomic E-state index is 13.2. The van der Waals surface area contributed by atoms with Gasteiger partial charge in [0.05, 0.1) is 32.0 Å². The van der Waals surface area contributed by atoms with Crippen molar-refractivity contribution in [2.45, 2.75) is 13.5 Å². The molecule has 2 aromatic heterocycles. The summed E-state index contributed by atoms with van der Waals surface area (Å²) >= 11 is 0. The summed E-state index contributed by atoms with van der Waals surface area (Å²) in [7, 11) is 2.99. The molecule has 0 saturated carbocycles. The molecule has 0 saturated heterocycles. The molecule has 0 bridgehead atoms. The molecule has 0 aliphatic carbocycles. The lowest BCUT2D eigenvalue weighted by Gasteiger charge is -2.11.